The van der Waals surface area contributed by atoms with Gasteiger partial charge in [-0.2, -0.15) is 0 Å². The lowest BCUT2D eigenvalue weighted by Gasteiger charge is -2.02. The van der Waals surface area contributed by atoms with E-state index in [0.717, 1.165) is 10.6 Å². The first-order valence-corrected chi connectivity index (χ1v) is 5.64. The van der Waals surface area contributed by atoms with Gasteiger partial charge in [-0.3, -0.25) is 4.79 Å². The van der Waals surface area contributed by atoms with Crippen LogP contribution in [0.2, 0.25) is 0 Å². The zero-order chi connectivity index (χ0) is 11.4. The minimum absolute atomic E-state index is 0.0316. The highest BCUT2D eigenvalue weighted by Gasteiger charge is 2.11. The first-order chi connectivity index (χ1) is 7.04. The highest BCUT2D eigenvalue weighted by atomic mass is 32.1. The molecule has 1 aromatic rings. The first-order valence-electron chi connectivity index (χ1n) is 4.82. The van der Waals surface area contributed by atoms with E-state index in [2.05, 4.69) is 15.5 Å². The summed E-state index contributed by atoms with van der Waals surface area (Å²) in [6, 6.07) is 0. The average Bonchev–Trinajstić information content (AvgIpc) is 2.65. The van der Waals surface area contributed by atoms with Crippen molar-refractivity contribution in [1.29, 1.82) is 0 Å². The summed E-state index contributed by atoms with van der Waals surface area (Å²) in [6.07, 6.45) is 1.97. The maximum atomic E-state index is 11.4. The molecule has 0 unspecified atom stereocenters. The van der Waals surface area contributed by atoms with Gasteiger partial charge in [0.2, 0.25) is 11.0 Å². The molecule has 0 aliphatic carbocycles. The standard InChI is InChI=1S/C10H15N3OS/c1-5-7(4)9-12-13-10(15-9)11-8(14)6(2)3/h5-6H,1-4H3,(H,11,13,14). The fourth-order valence-electron chi connectivity index (χ4n) is 0.806. The van der Waals surface area contributed by atoms with Crippen LogP contribution in [-0.4, -0.2) is 16.1 Å². The number of carbonyl (C=O) groups excluding carboxylic acids is 1. The van der Waals surface area contributed by atoms with Gasteiger partial charge in [0.25, 0.3) is 0 Å². The molecule has 1 heterocycles. The molecule has 0 saturated heterocycles. The van der Waals surface area contributed by atoms with E-state index < -0.39 is 0 Å². The lowest BCUT2D eigenvalue weighted by atomic mass is 10.2. The highest BCUT2D eigenvalue weighted by molar-refractivity contribution is 7.16. The molecule has 5 heteroatoms. The minimum Gasteiger partial charge on any atom is -0.300 e. The molecule has 0 atom stereocenters. The molecule has 15 heavy (non-hydrogen) atoms. The Morgan fingerprint density at radius 2 is 2.13 bits per heavy atom. The Morgan fingerprint density at radius 1 is 1.47 bits per heavy atom. The number of anilines is 1. The summed E-state index contributed by atoms with van der Waals surface area (Å²) in [5, 5.41) is 12.0. The number of carbonyl (C=O) groups is 1. The van der Waals surface area contributed by atoms with Gasteiger partial charge in [0.1, 0.15) is 5.01 Å². The van der Waals surface area contributed by atoms with Crippen LogP contribution in [0.3, 0.4) is 0 Å². The molecule has 0 spiro atoms. The molecule has 0 fully saturated rings. The predicted molar refractivity (Wildman–Crippen MR) is 62.7 cm³/mol. The van der Waals surface area contributed by atoms with Crippen molar-refractivity contribution in [3.8, 4) is 0 Å². The number of hydrogen-bond donors (Lipinski definition) is 1. The van der Waals surface area contributed by atoms with Gasteiger partial charge in [0.05, 0.1) is 0 Å². The fraction of sp³-hybridized carbons (Fsp3) is 0.500. The number of nitrogens with zero attached hydrogens (tertiary/aromatic N) is 2. The van der Waals surface area contributed by atoms with Crippen LogP contribution < -0.4 is 5.32 Å². The molecule has 0 saturated carbocycles. The minimum atomic E-state index is -0.0415. The molecule has 82 valence electrons. The van der Waals surface area contributed by atoms with Crippen molar-refractivity contribution < 1.29 is 4.79 Å². The average molecular weight is 225 g/mol. The number of amides is 1. The van der Waals surface area contributed by atoms with Crippen LogP contribution in [-0.2, 0) is 4.79 Å². The van der Waals surface area contributed by atoms with Crippen LogP contribution in [0.1, 0.15) is 32.7 Å². The second-order valence-electron chi connectivity index (χ2n) is 3.53. The highest BCUT2D eigenvalue weighted by Crippen LogP contribution is 2.22. The third-order valence-corrected chi connectivity index (χ3v) is 2.92. The van der Waals surface area contributed by atoms with E-state index in [0.29, 0.717) is 5.13 Å². The molecular formula is C10H15N3OS. The van der Waals surface area contributed by atoms with Crippen molar-refractivity contribution in [3.05, 3.63) is 11.1 Å². The Bertz CT molecular complexity index is 382. The van der Waals surface area contributed by atoms with Gasteiger partial charge in [-0.05, 0) is 19.4 Å². The van der Waals surface area contributed by atoms with Crippen LogP contribution in [0.4, 0.5) is 5.13 Å². The Labute approximate surface area is 93.4 Å². The van der Waals surface area contributed by atoms with E-state index in [-0.39, 0.29) is 11.8 Å². The number of aromatic nitrogens is 2. The van der Waals surface area contributed by atoms with E-state index >= 15 is 0 Å². The monoisotopic (exact) mass is 225 g/mol. The summed E-state index contributed by atoms with van der Waals surface area (Å²) < 4.78 is 0. The first kappa shape index (κ1) is 11.8. The Morgan fingerprint density at radius 3 is 2.67 bits per heavy atom. The van der Waals surface area contributed by atoms with Crippen LogP contribution in [0.5, 0.6) is 0 Å². The van der Waals surface area contributed by atoms with Gasteiger partial charge in [-0.15, -0.1) is 10.2 Å². The molecule has 1 aromatic heterocycles. The maximum Gasteiger partial charge on any atom is 0.228 e. The van der Waals surface area contributed by atoms with Crippen molar-refractivity contribution in [1.82, 2.24) is 10.2 Å². The molecule has 0 aliphatic heterocycles. The van der Waals surface area contributed by atoms with Gasteiger partial charge in [-0.1, -0.05) is 31.3 Å². The number of allylic oxidation sites excluding steroid dienone is 2. The molecule has 1 amide bonds. The molecule has 0 aliphatic rings. The predicted octanol–water partition coefficient (Wildman–Crippen LogP) is 2.56. The van der Waals surface area contributed by atoms with E-state index in [1.165, 1.54) is 11.3 Å². The molecular weight excluding hydrogens is 210 g/mol. The van der Waals surface area contributed by atoms with Crippen LogP contribution >= 0.6 is 11.3 Å². The molecule has 0 bridgehead atoms. The molecule has 4 nitrogen and oxygen atoms in total. The summed E-state index contributed by atoms with van der Waals surface area (Å²) in [4.78, 5) is 11.4. The van der Waals surface area contributed by atoms with E-state index in [4.69, 9.17) is 0 Å². The molecule has 1 rings (SSSR count). The zero-order valence-electron chi connectivity index (χ0n) is 9.37. The third-order valence-electron chi connectivity index (χ3n) is 1.95. The van der Waals surface area contributed by atoms with E-state index in [1.54, 1.807) is 0 Å². The molecule has 0 radical (unpaired) electrons. The lowest BCUT2D eigenvalue weighted by molar-refractivity contribution is -0.118. The largest absolute Gasteiger partial charge is 0.300 e. The maximum absolute atomic E-state index is 11.4. The summed E-state index contributed by atoms with van der Waals surface area (Å²) in [7, 11) is 0. The Balaban J connectivity index is 2.73. The van der Waals surface area contributed by atoms with Crippen LogP contribution in [0, 0.1) is 5.92 Å². The van der Waals surface area contributed by atoms with Gasteiger partial charge in [0.15, 0.2) is 0 Å². The van der Waals surface area contributed by atoms with E-state index in [9.17, 15) is 4.79 Å². The van der Waals surface area contributed by atoms with Crippen molar-refractivity contribution in [3.63, 3.8) is 0 Å². The van der Waals surface area contributed by atoms with Crippen molar-refractivity contribution in [2.45, 2.75) is 27.7 Å². The summed E-state index contributed by atoms with van der Waals surface area (Å²) in [6.45, 7) is 7.60. The number of rotatable bonds is 3. The van der Waals surface area contributed by atoms with Gasteiger partial charge < -0.3 is 5.32 Å². The topological polar surface area (TPSA) is 54.9 Å². The zero-order valence-corrected chi connectivity index (χ0v) is 10.2. The second kappa shape index (κ2) is 5.02. The Hall–Kier alpha value is -1.23. The summed E-state index contributed by atoms with van der Waals surface area (Å²) in [5.74, 6) is -0.0732. The van der Waals surface area contributed by atoms with Crippen molar-refractivity contribution in [2.75, 3.05) is 5.32 Å². The van der Waals surface area contributed by atoms with E-state index in [1.807, 2.05) is 33.8 Å². The molecule has 1 N–H and O–H groups in total. The van der Waals surface area contributed by atoms with Crippen LogP contribution in [0.25, 0.3) is 5.57 Å². The second-order valence-corrected chi connectivity index (χ2v) is 4.51. The van der Waals surface area contributed by atoms with Crippen molar-refractivity contribution in [2.24, 2.45) is 5.92 Å². The quantitative estimate of drug-likeness (QED) is 0.860. The normalized spacial score (nSPS) is 11.9. The Kier molecular flexibility index (Phi) is 3.96. The van der Waals surface area contributed by atoms with Gasteiger partial charge in [0, 0.05) is 5.92 Å². The summed E-state index contributed by atoms with van der Waals surface area (Å²) in [5.41, 5.74) is 1.07. The SMILES string of the molecule is CC=C(C)c1nnc(NC(=O)C(C)C)s1. The smallest absolute Gasteiger partial charge is 0.228 e. The van der Waals surface area contributed by atoms with Gasteiger partial charge in [-0.25, -0.2) is 0 Å². The fourth-order valence-corrected chi connectivity index (χ4v) is 1.58. The number of nitrogens with one attached hydrogen (secondary N) is 1. The summed E-state index contributed by atoms with van der Waals surface area (Å²) >= 11 is 1.39. The lowest BCUT2D eigenvalue weighted by Crippen LogP contribution is -2.17. The third kappa shape index (κ3) is 3.13. The van der Waals surface area contributed by atoms with Gasteiger partial charge >= 0.3 is 0 Å². The van der Waals surface area contributed by atoms with Crippen molar-refractivity contribution >= 4 is 27.9 Å². The van der Waals surface area contributed by atoms with Crippen LogP contribution in [0.15, 0.2) is 6.08 Å². The number of hydrogen-bond acceptors (Lipinski definition) is 4. The molecule has 0 aromatic carbocycles.